The second-order valence-corrected chi connectivity index (χ2v) is 7.70. The summed E-state index contributed by atoms with van der Waals surface area (Å²) in [5, 5.41) is 0. The first-order valence-corrected chi connectivity index (χ1v) is 9.81. The fourth-order valence-corrected chi connectivity index (χ4v) is 3.34. The van der Waals surface area contributed by atoms with Crippen LogP contribution in [0.25, 0.3) is 0 Å². The van der Waals surface area contributed by atoms with Crippen LogP contribution in [0.1, 0.15) is 19.4 Å². The second-order valence-electron chi connectivity index (χ2n) is 5.88. The minimum atomic E-state index is -4.05. The van der Waals surface area contributed by atoms with Crippen LogP contribution in [0, 0.1) is 5.82 Å². The molecule has 0 aromatic heterocycles. The van der Waals surface area contributed by atoms with Crippen molar-refractivity contribution in [3.05, 3.63) is 59.9 Å². The first-order chi connectivity index (χ1) is 12.2. The largest absolute Gasteiger partial charge is 0.379 e. The van der Waals surface area contributed by atoms with Crippen molar-refractivity contribution in [2.24, 2.45) is 0 Å². The van der Waals surface area contributed by atoms with Crippen LogP contribution >= 0.6 is 11.6 Å². The number of benzene rings is 2. The van der Waals surface area contributed by atoms with Gasteiger partial charge in [-0.1, -0.05) is 12.1 Å². The Balaban J connectivity index is 2.11. The topological polar surface area (TPSA) is 63.7 Å². The number of amides is 1. The van der Waals surface area contributed by atoms with Gasteiger partial charge in [-0.15, -0.1) is 11.6 Å². The Morgan fingerprint density at radius 2 is 1.69 bits per heavy atom. The van der Waals surface area contributed by atoms with E-state index in [2.05, 4.69) is 0 Å². The van der Waals surface area contributed by atoms with Gasteiger partial charge in [-0.25, -0.2) is 4.39 Å². The summed E-state index contributed by atoms with van der Waals surface area (Å²) >= 11 is 5.62. The number of halogens is 2. The molecule has 0 fully saturated rings. The average Bonchev–Trinajstić information content (AvgIpc) is 2.60. The highest BCUT2D eigenvalue weighted by Crippen LogP contribution is 2.20. The molecule has 0 aliphatic heterocycles. The van der Waals surface area contributed by atoms with Crippen LogP contribution < -0.4 is 4.18 Å². The Labute approximate surface area is 157 Å². The first kappa shape index (κ1) is 20.2. The zero-order valence-corrected chi connectivity index (χ0v) is 15.9. The molecule has 2 rings (SSSR count). The first-order valence-electron chi connectivity index (χ1n) is 7.87. The Morgan fingerprint density at radius 3 is 2.19 bits per heavy atom. The van der Waals surface area contributed by atoms with E-state index in [-0.39, 0.29) is 28.5 Å². The third-order valence-corrected chi connectivity index (χ3v) is 5.13. The lowest BCUT2D eigenvalue weighted by molar-refractivity contribution is -0.130. The van der Waals surface area contributed by atoms with E-state index in [0.717, 1.165) is 29.8 Å². The van der Waals surface area contributed by atoms with Gasteiger partial charge in [0.1, 0.15) is 22.3 Å². The molecule has 8 heteroatoms. The molecular weight excluding hydrogens is 381 g/mol. The van der Waals surface area contributed by atoms with E-state index in [0.29, 0.717) is 6.54 Å². The Bertz CT molecular complexity index is 852. The smallest absolute Gasteiger partial charge is 0.339 e. The highest BCUT2D eigenvalue weighted by atomic mass is 35.5. The Kier molecular flexibility index (Phi) is 6.61. The van der Waals surface area contributed by atoms with E-state index < -0.39 is 15.9 Å². The number of alkyl halides is 1. The van der Waals surface area contributed by atoms with E-state index >= 15 is 0 Å². The molecule has 0 heterocycles. The molecule has 5 nitrogen and oxygen atoms in total. The molecule has 0 radical (unpaired) electrons. The van der Waals surface area contributed by atoms with Crippen molar-refractivity contribution in [1.29, 1.82) is 0 Å². The maximum Gasteiger partial charge on any atom is 0.339 e. The molecule has 0 atom stereocenters. The Morgan fingerprint density at radius 1 is 1.12 bits per heavy atom. The van der Waals surface area contributed by atoms with Crippen LogP contribution in [-0.4, -0.2) is 31.1 Å². The quantitative estimate of drug-likeness (QED) is 0.527. The average molecular weight is 400 g/mol. The van der Waals surface area contributed by atoms with Crippen molar-refractivity contribution in [3.8, 4) is 5.75 Å². The minimum Gasteiger partial charge on any atom is -0.379 e. The van der Waals surface area contributed by atoms with Crippen LogP contribution in [0.2, 0.25) is 0 Å². The predicted octanol–water partition coefficient (Wildman–Crippen LogP) is 3.57. The monoisotopic (exact) mass is 399 g/mol. The number of carbonyl (C=O) groups is 1. The van der Waals surface area contributed by atoms with Gasteiger partial charge < -0.3 is 9.08 Å². The number of carbonyl (C=O) groups excluding carboxylic acids is 1. The van der Waals surface area contributed by atoms with Gasteiger partial charge in [0.05, 0.1) is 0 Å². The van der Waals surface area contributed by atoms with Crippen molar-refractivity contribution >= 4 is 27.6 Å². The summed E-state index contributed by atoms with van der Waals surface area (Å²) in [5.74, 6) is -0.692. The predicted molar refractivity (Wildman–Crippen MR) is 97.1 cm³/mol. The minimum absolute atomic E-state index is 0.0176. The fraction of sp³-hybridized carbons (Fsp3) is 0.278. The van der Waals surface area contributed by atoms with E-state index in [9.17, 15) is 17.6 Å². The molecule has 0 aliphatic rings. The van der Waals surface area contributed by atoms with E-state index in [1.807, 2.05) is 13.8 Å². The maximum atomic E-state index is 12.9. The lowest BCUT2D eigenvalue weighted by atomic mass is 10.2. The van der Waals surface area contributed by atoms with Crippen LogP contribution in [0.3, 0.4) is 0 Å². The zero-order valence-electron chi connectivity index (χ0n) is 14.4. The fourth-order valence-electron chi connectivity index (χ4n) is 2.26. The summed E-state index contributed by atoms with van der Waals surface area (Å²) in [6, 6.07) is 10.7. The molecule has 26 heavy (non-hydrogen) atoms. The molecular formula is C18H19ClFNO4S. The van der Waals surface area contributed by atoms with Gasteiger partial charge in [-0.2, -0.15) is 8.42 Å². The van der Waals surface area contributed by atoms with Crippen molar-refractivity contribution in [1.82, 2.24) is 4.90 Å². The molecule has 0 aliphatic carbocycles. The molecule has 0 saturated carbocycles. The highest BCUT2D eigenvalue weighted by molar-refractivity contribution is 7.87. The summed E-state index contributed by atoms with van der Waals surface area (Å²) in [4.78, 5) is 13.3. The van der Waals surface area contributed by atoms with Crippen LogP contribution in [0.15, 0.2) is 53.4 Å². The molecule has 2 aromatic carbocycles. The van der Waals surface area contributed by atoms with E-state index in [1.54, 1.807) is 17.0 Å². The van der Waals surface area contributed by atoms with Crippen molar-refractivity contribution in [2.75, 3.05) is 5.88 Å². The van der Waals surface area contributed by atoms with Crippen LogP contribution in [0.4, 0.5) is 4.39 Å². The summed E-state index contributed by atoms with van der Waals surface area (Å²) < 4.78 is 42.3. The third kappa shape index (κ3) is 5.19. The van der Waals surface area contributed by atoms with Gasteiger partial charge in [-0.3, -0.25) is 4.79 Å². The van der Waals surface area contributed by atoms with Crippen molar-refractivity contribution in [3.63, 3.8) is 0 Å². The zero-order chi connectivity index (χ0) is 19.3. The third-order valence-electron chi connectivity index (χ3n) is 3.64. The molecule has 1 amide bonds. The number of hydrogen-bond acceptors (Lipinski definition) is 4. The summed E-state index contributed by atoms with van der Waals surface area (Å²) in [6.07, 6.45) is 0. The van der Waals surface area contributed by atoms with Gasteiger partial charge in [0.25, 0.3) is 0 Å². The normalized spacial score (nSPS) is 11.4. The Hall–Kier alpha value is -2.12. The van der Waals surface area contributed by atoms with Gasteiger partial charge in [-0.05, 0) is 55.8 Å². The van der Waals surface area contributed by atoms with Gasteiger partial charge >= 0.3 is 10.1 Å². The number of nitrogens with zero attached hydrogens (tertiary/aromatic N) is 1. The second kappa shape index (κ2) is 8.51. The maximum absolute atomic E-state index is 12.9. The standard InChI is InChI=1S/C18H19ClFNO4S/c1-13(2)21(18(22)11-19)12-14-3-7-16(8-4-14)25-26(23,24)17-9-5-15(20)6-10-17/h3-10,13H,11-12H2,1-2H3. The van der Waals surface area contributed by atoms with Gasteiger partial charge in [0.2, 0.25) is 5.91 Å². The molecule has 0 bridgehead atoms. The highest BCUT2D eigenvalue weighted by Gasteiger charge is 2.18. The van der Waals surface area contributed by atoms with E-state index in [4.69, 9.17) is 15.8 Å². The van der Waals surface area contributed by atoms with E-state index in [1.165, 1.54) is 12.1 Å². The van der Waals surface area contributed by atoms with Crippen molar-refractivity contribution < 1.29 is 21.8 Å². The number of hydrogen-bond donors (Lipinski definition) is 0. The molecule has 140 valence electrons. The molecule has 2 aromatic rings. The molecule has 0 N–H and O–H groups in total. The molecule has 0 saturated heterocycles. The molecule has 0 spiro atoms. The SMILES string of the molecule is CC(C)N(Cc1ccc(OS(=O)(=O)c2ccc(F)cc2)cc1)C(=O)CCl. The summed E-state index contributed by atoms with van der Waals surface area (Å²) in [5.41, 5.74) is 0.809. The number of rotatable bonds is 7. The lowest BCUT2D eigenvalue weighted by Gasteiger charge is -2.26. The van der Waals surface area contributed by atoms with Crippen LogP contribution in [0.5, 0.6) is 5.75 Å². The lowest BCUT2D eigenvalue weighted by Crippen LogP contribution is -2.37. The summed E-state index contributed by atoms with van der Waals surface area (Å²) in [6.45, 7) is 4.13. The van der Waals surface area contributed by atoms with Crippen LogP contribution in [-0.2, 0) is 21.5 Å². The summed E-state index contributed by atoms with van der Waals surface area (Å²) in [7, 11) is -4.05. The van der Waals surface area contributed by atoms with Gasteiger partial charge in [0.15, 0.2) is 0 Å². The van der Waals surface area contributed by atoms with Crippen molar-refractivity contribution in [2.45, 2.75) is 31.3 Å². The molecule has 0 unspecified atom stereocenters. The van der Waals surface area contributed by atoms with Gasteiger partial charge in [0, 0.05) is 12.6 Å².